The van der Waals surface area contributed by atoms with Crippen LogP contribution in [0.3, 0.4) is 0 Å². The van der Waals surface area contributed by atoms with Crippen LogP contribution in [-0.2, 0) is 23.8 Å². The molecule has 8 nitrogen and oxygen atoms in total. The van der Waals surface area contributed by atoms with E-state index < -0.39 is 23.7 Å². The molecule has 140 valence electrons. The van der Waals surface area contributed by atoms with E-state index in [1.165, 1.54) is 20.0 Å². The van der Waals surface area contributed by atoms with E-state index in [0.29, 0.717) is 16.6 Å². The van der Waals surface area contributed by atoms with E-state index in [0.717, 1.165) is 0 Å². The van der Waals surface area contributed by atoms with Crippen LogP contribution in [0.1, 0.15) is 31.3 Å². The van der Waals surface area contributed by atoms with Gasteiger partial charge in [0.2, 0.25) is 0 Å². The number of cyclic esters (lactones) is 2. The molecule has 0 spiro atoms. The number of anilines is 1. The molecular weight excluding hydrogens is 352 g/mol. The van der Waals surface area contributed by atoms with Crippen molar-refractivity contribution in [2.75, 3.05) is 11.9 Å². The highest BCUT2D eigenvalue weighted by Crippen LogP contribution is 2.25. The average Bonchev–Trinajstić information content (AvgIpc) is 2.59. The summed E-state index contributed by atoms with van der Waals surface area (Å²) < 4.78 is 15.0. The van der Waals surface area contributed by atoms with Gasteiger partial charge in [-0.3, -0.25) is 0 Å². The van der Waals surface area contributed by atoms with Gasteiger partial charge in [0.25, 0.3) is 5.79 Å². The molecule has 0 unspecified atom stereocenters. The Morgan fingerprint density at radius 2 is 1.89 bits per heavy atom. The van der Waals surface area contributed by atoms with Crippen molar-refractivity contribution in [2.24, 2.45) is 0 Å². The minimum Gasteiger partial charge on any atom is -0.461 e. The normalized spacial score (nSPS) is 15.7. The number of hydrogen-bond donors (Lipinski definition) is 1. The van der Waals surface area contributed by atoms with Gasteiger partial charge in [-0.2, -0.15) is 0 Å². The van der Waals surface area contributed by atoms with Crippen molar-refractivity contribution in [3.05, 3.63) is 47.8 Å². The minimum atomic E-state index is -1.29. The molecule has 0 amide bonds. The summed E-state index contributed by atoms with van der Waals surface area (Å²) >= 11 is 0. The van der Waals surface area contributed by atoms with E-state index in [9.17, 15) is 14.4 Å². The number of fused-ring (bicyclic) bond motifs is 1. The fourth-order valence-electron chi connectivity index (χ4n) is 2.53. The van der Waals surface area contributed by atoms with Crippen molar-refractivity contribution in [1.29, 1.82) is 0 Å². The predicted molar refractivity (Wildman–Crippen MR) is 95.7 cm³/mol. The Kier molecular flexibility index (Phi) is 4.81. The molecule has 1 aromatic heterocycles. The third-order valence-electron chi connectivity index (χ3n) is 3.71. The second kappa shape index (κ2) is 7.06. The van der Waals surface area contributed by atoms with Crippen molar-refractivity contribution in [3.8, 4) is 0 Å². The van der Waals surface area contributed by atoms with Crippen LogP contribution in [0.2, 0.25) is 0 Å². The smallest absolute Gasteiger partial charge is 0.356 e. The summed E-state index contributed by atoms with van der Waals surface area (Å²) in [6.07, 6.45) is 1.23. The van der Waals surface area contributed by atoms with Gasteiger partial charge in [0.15, 0.2) is 5.57 Å². The number of nitrogens with one attached hydrogen (secondary N) is 1. The molecule has 1 aliphatic rings. The Hall–Kier alpha value is -3.42. The molecule has 1 aliphatic heterocycles. The summed E-state index contributed by atoms with van der Waals surface area (Å²) in [5.41, 5.74) is 1.09. The maximum atomic E-state index is 12.0. The number of aromatic nitrogens is 1. The standard InChI is InChI=1S/C19H18N2O6/c1-4-25-18(24)15-9-8-11-13(6-5-7-14(11)21-15)20-10-12-16(22)26-19(2,3)27-17(12)23/h5-10,20H,4H2,1-3H3. The first kappa shape index (κ1) is 18.4. The quantitative estimate of drug-likeness (QED) is 0.497. The molecule has 1 saturated heterocycles. The van der Waals surface area contributed by atoms with Gasteiger partial charge < -0.3 is 19.5 Å². The molecule has 1 fully saturated rings. The van der Waals surface area contributed by atoms with Crippen LogP contribution >= 0.6 is 0 Å². The average molecular weight is 370 g/mol. The third-order valence-corrected chi connectivity index (χ3v) is 3.71. The lowest BCUT2D eigenvalue weighted by Gasteiger charge is -2.29. The van der Waals surface area contributed by atoms with Crippen molar-refractivity contribution >= 4 is 34.5 Å². The topological polar surface area (TPSA) is 104 Å². The van der Waals surface area contributed by atoms with Gasteiger partial charge in [-0.15, -0.1) is 0 Å². The first-order valence-electron chi connectivity index (χ1n) is 8.31. The Bertz CT molecular complexity index is 942. The molecule has 0 atom stereocenters. The second-order valence-electron chi connectivity index (χ2n) is 6.17. The molecule has 0 radical (unpaired) electrons. The highest BCUT2D eigenvalue weighted by molar-refractivity contribution is 6.15. The number of carbonyl (C=O) groups is 3. The fraction of sp³-hybridized carbons (Fsp3) is 0.263. The number of ether oxygens (including phenoxy) is 3. The van der Waals surface area contributed by atoms with E-state index in [1.807, 2.05) is 0 Å². The van der Waals surface area contributed by atoms with Crippen LogP contribution in [0.4, 0.5) is 5.69 Å². The van der Waals surface area contributed by atoms with Crippen LogP contribution in [0.5, 0.6) is 0 Å². The van der Waals surface area contributed by atoms with Crippen LogP contribution in [0.15, 0.2) is 42.1 Å². The zero-order chi connectivity index (χ0) is 19.6. The monoisotopic (exact) mass is 370 g/mol. The molecule has 0 aliphatic carbocycles. The summed E-state index contributed by atoms with van der Waals surface area (Å²) in [5, 5.41) is 3.59. The number of pyridine rings is 1. The van der Waals surface area contributed by atoms with Gasteiger partial charge in [0, 0.05) is 31.1 Å². The Morgan fingerprint density at radius 3 is 2.56 bits per heavy atom. The number of hydrogen-bond acceptors (Lipinski definition) is 8. The minimum absolute atomic E-state index is 0.196. The number of nitrogens with zero attached hydrogens (tertiary/aromatic N) is 1. The number of esters is 3. The summed E-state index contributed by atoms with van der Waals surface area (Å²) in [6, 6.07) is 8.46. The molecule has 0 bridgehead atoms. The van der Waals surface area contributed by atoms with E-state index >= 15 is 0 Å². The zero-order valence-corrected chi connectivity index (χ0v) is 15.1. The second-order valence-corrected chi connectivity index (χ2v) is 6.17. The van der Waals surface area contributed by atoms with Gasteiger partial charge in [0.1, 0.15) is 5.69 Å². The molecule has 8 heteroatoms. The van der Waals surface area contributed by atoms with Gasteiger partial charge >= 0.3 is 17.9 Å². The Labute approximate surface area is 155 Å². The first-order chi connectivity index (χ1) is 12.8. The predicted octanol–water partition coefficient (Wildman–Crippen LogP) is 2.54. The summed E-state index contributed by atoms with van der Waals surface area (Å²) in [5.74, 6) is -3.34. The molecule has 0 saturated carbocycles. The summed E-state index contributed by atoms with van der Waals surface area (Å²) in [4.78, 5) is 40.1. The molecule has 1 aromatic carbocycles. The molecule has 3 rings (SSSR count). The van der Waals surface area contributed by atoms with E-state index in [2.05, 4.69) is 10.3 Å². The van der Waals surface area contributed by atoms with E-state index in [-0.39, 0.29) is 17.9 Å². The number of carbonyl (C=O) groups excluding carboxylic acids is 3. The lowest BCUT2D eigenvalue weighted by Crippen LogP contribution is -2.42. The number of rotatable bonds is 4. The van der Waals surface area contributed by atoms with Gasteiger partial charge in [-0.05, 0) is 31.2 Å². The molecular formula is C19H18N2O6. The van der Waals surface area contributed by atoms with Crippen molar-refractivity contribution in [2.45, 2.75) is 26.6 Å². The first-order valence-corrected chi connectivity index (χ1v) is 8.31. The van der Waals surface area contributed by atoms with E-state index in [1.54, 1.807) is 37.3 Å². The lowest BCUT2D eigenvalue weighted by molar-refractivity contribution is -0.222. The van der Waals surface area contributed by atoms with Gasteiger partial charge in [0.05, 0.1) is 12.1 Å². The Balaban J connectivity index is 1.88. The number of benzene rings is 1. The van der Waals surface area contributed by atoms with Crippen LogP contribution in [0.25, 0.3) is 10.9 Å². The lowest BCUT2D eigenvalue weighted by atomic mass is 10.1. The summed E-state index contributed by atoms with van der Waals surface area (Å²) in [7, 11) is 0. The highest BCUT2D eigenvalue weighted by atomic mass is 16.7. The fourth-order valence-corrected chi connectivity index (χ4v) is 2.53. The highest BCUT2D eigenvalue weighted by Gasteiger charge is 2.38. The molecule has 2 heterocycles. The van der Waals surface area contributed by atoms with Gasteiger partial charge in [-0.1, -0.05) is 6.07 Å². The largest absolute Gasteiger partial charge is 0.461 e. The maximum absolute atomic E-state index is 12.0. The van der Waals surface area contributed by atoms with Crippen LogP contribution in [-0.4, -0.2) is 35.3 Å². The molecule has 1 N–H and O–H groups in total. The van der Waals surface area contributed by atoms with Crippen molar-refractivity contribution < 1.29 is 28.6 Å². The van der Waals surface area contributed by atoms with Crippen molar-refractivity contribution in [3.63, 3.8) is 0 Å². The van der Waals surface area contributed by atoms with Crippen LogP contribution < -0.4 is 5.32 Å². The van der Waals surface area contributed by atoms with Gasteiger partial charge in [-0.25, -0.2) is 19.4 Å². The molecule has 2 aromatic rings. The van der Waals surface area contributed by atoms with E-state index in [4.69, 9.17) is 14.2 Å². The molecule has 27 heavy (non-hydrogen) atoms. The summed E-state index contributed by atoms with van der Waals surface area (Å²) in [6.45, 7) is 4.93. The van der Waals surface area contributed by atoms with Crippen LogP contribution in [0, 0.1) is 0 Å². The Morgan fingerprint density at radius 1 is 1.19 bits per heavy atom. The van der Waals surface area contributed by atoms with Crippen molar-refractivity contribution in [1.82, 2.24) is 4.98 Å². The maximum Gasteiger partial charge on any atom is 0.356 e. The SMILES string of the molecule is CCOC(=O)c1ccc2c(NC=C3C(=O)OC(C)(C)OC3=O)cccc2n1. The third kappa shape index (κ3) is 3.89. The zero-order valence-electron chi connectivity index (χ0n) is 15.1.